The highest BCUT2D eigenvalue weighted by molar-refractivity contribution is 5.95. The monoisotopic (exact) mass is 569 g/mol. The van der Waals surface area contributed by atoms with Gasteiger partial charge in [0.2, 0.25) is 0 Å². The molecule has 0 radical (unpaired) electrons. The number of rotatable bonds is 5. The van der Waals surface area contributed by atoms with Crippen LogP contribution < -0.4 is 4.90 Å². The summed E-state index contributed by atoms with van der Waals surface area (Å²) in [5.74, 6) is 0. The summed E-state index contributed by atoms with van der Waals surface area (Å²) < 4.78 is 0. The molecule has 0 atom stereocenters. The largest absolute Gasteiger partial charge is 0.310 e. The number of hydrogen-bond acceptors (Lipinski definition) is 1. The van der Waals surface area contributed by atoms with Gasteiger partial charge in [-0.15, -0.1) is 0 Å². The van der Waals surface area contributed by atoms with Gasteiger partial charge in [0.15, 0.2) is 0 Å². The van der Waals surface area contributed by atoms with Gasteiger partial charge in [-0.1, -0.05) is 107 Å². The number of para-hydroxylation sites is 1. The summed E-state index contributed by atoms with van der Waals surface area (Å²) >= 11 is 0. The van der Waals surface area contributed by atoms with Crippen LogP contribution in [-0.2, 0) is 10.8 Å². The Morgan fingerprint density at radius 3 is 1.89 bits per heavy atom. The Morgan fingerprint density at radius 1 is 0.500 bits per heavy atom. The van der Waals surface area contributed by atoms with E-state index in [4.69, 9.17) is 0 Å². The molecular weight excluding hydrogens is 530 g/mol. The Morgan fingerprint density at radius 2 is 1.11 bits per heavy atom. The van der Waals surface area contributed by atoms with Gasteiger partial charge in [-0.05, 0) is 123 Å². The van der Waals surface area contributed by atoms with Crippen molar-refractivity contribution in [2.24, 2.45) is 0 Å². The van der Waals surface area contributed by atoms with Crippen molar-refractivity contribution in [2.45, 2.75) is 58.3 Å². The maximum atomic E-state index is 2.48. The van der Waals surface area contributed by atoms with Crippen LogP contribution in [0, 0.1) is 6.92 Å². The average molecular weight is 570 g/mol. The zero-order chi connectivity index (χ0) is 30.2. The van der Waals surface area contributed by atoms with Gasteiger partial charge >= 0.3 is 0 Å². The second-order valence-corrected chi connectivity index (χ2v) is 13.3. The molecule has 2 aliphatic carbocycles. The van der Waals surface area contributed by atoms with Crippen molar-refractivity contribution in [3.63, 3.8) is 0 Å². The predicted molar refractivity (Wildman–Crippen MR) is 188 cm³/mol. The minimum absolute atomic E-state index is 0.0318. The van der Waals surface area contributed by atoms with Gasteiger partial charge in [0.25, 0.3) is 0 Å². The highest BCUT2D eigenvalue weighted by Crippen LogP contribution is 2.56. The molecular formula is C43H39N. The van der Waals surface area contributed by atoms with Gasteiger partial charge in [0, 0.05) is 27.9 Å². The maximum absolute atomic E-state index is 2.48. The highest BCUT2D eigenvalue weighted by atomic mass is 15.1. The van der Waals surface area contributed by atoms with E-state index in [1.54, 1.807) is 0 Å². The number of fused-ring (bicyclic) bond motifs is 7. The van der Waals surface area contributed by atoms with E-state index in [-0.39, 0.29) is 10.8 Å². The summed E-state index contributed by atoms with van der Waals surface area (Å²) in [4.78, 5) is 2.48. The van der Waals surface area contributed by atoms with Crippen molar-refractivity contribution in [1.29, 1.82) is 0 Å². The zero-order valence-corrected chi connectivity index (χ0v) is 26.4. The Labute approximate surface area is 261 Å². The molecule has 0 N–H and O–H groups in total. The molecule has 0 heterocycles. The molecule has 216 valence electrons. The molecule has 0 aromatic heterocycles. The van der Waals surface area contributed by atoms with Crippen molar-refractivity contribution in [2.75, 3.05) is 4.90 Å². The minimum Gasteiger partial charge on any atom is -0.310 e. The first-order chi connectivity index (χ1) is 21.4. The molecule has 0 saturated carbocycles. The Balaban J connectivity index is 1.35. The van der Waals surface area contributed by atoms with Crippen molar-refractivity contribution < 1.29 is 0 Å². The summed E-state index contributed by atoms with van der Waals surface area (Å²) in [5, 5.41) is 2.63. The molecule has 0 unspecified atom stereocenters. The number of hydrogen-bond donors (Lipinski definition) is 0. The fourth-order valence-electron chi connectivity index (χ4n) is 8.40. The van der Waals surface area contributed by atoms with Crippen LogP contribution in [0.2, 0.25) is 0 Å². The van der Waals surface area contributed by atoms with Gasteiger partial charge in [-0.3, -0.25) is 0 Å². The molecule has 8 rings (SSSR count). The minimum atomic E-state index is -0.0564. The van der Waals surface area contributed by atoms with Crippen molar-refractivity contribution >= 4 is 27.8 Å². The quantitative estimate of drug-likeness (QED) is 0.200. The van der Waals surface area contributed by atoms with E-state index in [0.717, 1.165) is 12.8 Å². The topological polar surface area (TPSA) is 3.24 Å². The lowest BCUT2D eigenvalue weighted by atomic mass is 9.73. The van der Waals surface area contributed by atoms with E-state index in [2.05, 4.69) is 161 Å². The standard InChI is InChI=1S/C43H39N/c1-6-43(7-2)38-23-21-31(26-36(38)35-24-29-15-9-10-16-30(29)25-40(35)43)44(41-19-13-8-14-28(41)3)32-20-22-34-33-17-11-12-18-37(33)42(4,5)39(34)27-32/h8-27H,6-7H2,1-5H3. The zero-order valence-electron chi connectivity index (χ0n) is 26.4. The second-order valence-electron chi connectivity index (χ2n) is 13.3. The molecule has 44 heavy (non-hydrogen) atoms. The molecule has 0 spiro atoms. The van der Waals surface area contributed by atoms with Crippen molar-refractivity contribution in [3.05, 3.63) is 149 Å². The Bertz CT molecular complexity index is 2090. The van der Waals surface area contributed by atoms with Crippen molar-refractivity contribution in [3.8, 4) is 22.3 Å². The Hall–Kier alpha value is -4.62. The summed E-state index contributed by atoms with van der Waals surface area (Å²) in [7, 11) is 0. The van der Waals surface area contributed by atoms with Gasteiger partial charge in [0.05, 0.1) is 0 Å². The summed E-state index contributed by atoms with van der Waals surface area (Å²) in [5.41, 5.74) is 16.1. The van der Waals surface area contributed by atoms with Crippen LogP contribution in [0.3, 0.4) is 0 Å². The molecule has 0 bridgehead atoms. The van der Waals surface area contributed by atoms with E-state index in [9.17, 15) is 0 Å². The van der Waals surface area contributed by atoms with Gasteiger partial charge in [-0.2, -0.15) is 0 Å². The number of nitrogens with zero attached hydrogens (tertiary/aromatic N) is 1. The van der Waals surface area contributed by atoms with E-state index in [1.165, 1.54) is 77.9 Å². The van der Waals surface area contributed by atoms with E-state index in [1.807, 2.05) is 0 Å². The molecule has 6 aromatic carbocycles. The first kappa shape index (κ1) is 27.0. The molecule has 6 aromatic rings. The highest BCUT2D eigenvalue weighted by Gasteiger charge is 2.41. The lowest BCUT2D eigenvalue weighted by molar-refractivity contribution is 0.491. The number of anilines is 3. The third-order valence-corrected chi connectivity index (χ3v) is 10.9. The van der Waals surface area contributed by atoms with Crippen LogP contribution in [0.15, 0.2) is 121 Å². The molecule has 2 aliphatic rings. The van der Waals surface area contributed by atoms with Crippen LogP contribution in [0.1, 0.15) is 68.4 Å². The molecule has 1 heteroatoms. The van der Waals surface area contributed by atoms with E-state index in [0.29, 0.717) is 0 Å². The van der Waals surface area contributed by atoms with Crippen LogP contribution in [0.25, 0.3) is 33.0 Å². The summed E-state index contributed by atoms with van der Waals surface area (Å²) in [6.45, 7) is 11.7. The molecule has 0 amide bonds. The first-order valence-electron chi connectivity index (χ1n) is 16.2. The number of benzene rings is 6. The smallest absolute Gasteiger partial charge is 0.0490 e. The SMILES string of the molecule is CCC1(CC)c2ccc(N(c3ccc4c(c3)C(C)(C)c3ccccc3-4)c3ccccc3C)cc2-c2cc3ccccc3cc21. The van der Waals surface area contributed by atoms with Gasteiger partial charge in [0.1, 0.15) is 0 Å². The lowest BCUT2D eigenvalue weighted by Gasteiger charge is -2.31. The van der Waals surface area contributed by atoms with Crippen molar-refractivity contribution in [1.82, 2.24) is 0 Å². The van der Waals surface area contributed by atoms with Crippen LogP contribution in [-0.4, -0.2) is 0 Å². The third-order valence-electron chi connectivity index (χ3n) is 10.9. The molecule has 1 nitrogen and oxygen atoms in total. The average Bonchev–Trinajstić information content (AvgIpc) is 3.45. The van der Waals surface area contributed by atoms with Gasteiger partial charge < -0.3 is 4.90 Å². The fourth-order valence-corrected chi connectivity index (χ4v) is 8.40. The lowest BCUT2D eigenvalue weighted by Crippen LogP contribution is -2.23. The summed E-state index contributed by atoms with van der Waals surface area (Å²) in [6, 6.07) is 45.8. The first-order valence-corrected chi connectivity index (χ1v) is 16.2. The molecule has 0 saturated heterocycles. The molecule has 0 aliphatic heterocycles. The van der Waals surface area contributed by atoms with Crippen LogP contribution >= 0.6 is 0 Å². The number of aryl methyl sites for hydroxylation is 1. The second kappa shape index (κ2) is 9.69. The van der Waals surface area contributed by atoms with Crippen LogP contribution in [0.5, 0.6) is 0 Å². The summed E-state index contributed by atoms with van der Waals surface area (Å²) in [6.07, 6.45) is 2.17. The van der Waals surface area contributed by atoms with E-state index >= 15 is 0 Å². The molecule has 0 fully saturated rings. The van der Waals surface area contributed by atoms with E-state index < -0.39 is 0 Å². The normalized spacial score (nSPS) is 15.0. The maximum Gasteiger partial charge on any atom is 0.0490 e. The predicted octanol–water partition coefficient (Wildman–Crippen LogP) is 12.0. The van der Waals surface area contributed by atoms with Gasteiger partial charge in [-0.25, -0.2) is 0 Å². The van der Waals surface area contributed by atoms with Crippen LogP contribution in [0.4, 0.5) is 17.1 Å². The third kappa shape index (κ3) is 3.65. The Kier molecular flexibility index (Phi) is 5.94. The fraction of sp³-hybridized carbons (Fsp3) is 0.209.